The summed E-state index contributed by atoms with van der Waals surface area (Å²) in [6.45, 7) is 5.68. The molecular formula is C16H22N2O. The Morgan fingerprint density at radius 2 is 1.79 bits per heavy atom. The monoisotopic (exact) mass is 258 g/mol. The second-order valence-electron chi connectivity index (χ2n) is 4.74. The Bertz CT molecular complexity index is 462. The van der Waals surface area contributed by atoms with Crippen LogP contribution in [0.2, 0.25) is 0 Å². The van der Waals surface area contributed by atoms with Crippen LogP contribution in [0.3, 0.4) is 0 Å². The smallest absolute Gasteiger partial charge is 0.117 e. The summed E-state index contributed by atoms with van der Waals surface area (Å²) in [6.07, 6.45) is 2.68. The zero-order valence-corrected chi connectivity index (χ0v) is 11.5. The van der Waals surface area contributed by atoms with Crippen LogP contribution in [-0.2, 0) is 19.5 Å². The van der Waals surface area contributed by atoms with Gasteiger partial charge in [-0.05, 0) is 42.8 Å². The quantitative estimate of drug-likeness (QED) is 0.830. The molecule has 2 rings (SSSR count). The molecule has 1 heterocycles. The Labute approximate surface area is 115 Å². The number of hydrogen-bond acceptors (Lipinski definition) is 3. The molecule has 102 valence electrons. The Hall–Kier alpha value is -1.58. The number of nitrogens with two attached hydrogens (primary N) is 1. The molecule has 2 aromatic rings. The fraction of sp³-hybridized carbons (Fsp3) is 0.375. The van der Waals surface area contributed by atoms with Gasteiger partial charge in [-0.1, -0.05) is 31.2 Å². The molecule has 0 atom stereocenters. The van der Waals surface area contributed by atoms with Crippen LogP contribution >= 0.6 is 0 Å². The lowest BCUT2D eigenvalue weighted by Crippen LogP contribution is -2.22. The molecule has 0 fully saturated rings. The van der Waals surface area contributed by atoms with E-state index in [1.165, 1.54) is 11.1 Å². The summed E-state index contributed by atoms with van der Waals surface area (Å²) in [5.41, 5.74) is 8.19. The maximum absolute atomic E-state index is 5.56. The Morgan fingerprint density at radius 3 is 2.37 bits per heavy atom. The first-order valence-corrected chi connectivity index (χ1v) is 6.84. The van der Waals surface area contributed by atoms with Gasteiger partial charge in [0.1, 0.15) is 5.76 Å². The Morgan fingerprint density at radius 1 is 1.05 bits per heavy atom. The second kappa shape index (κ2) is 7.12. The number of benzene rings is 1. The highest BCUT2D eigenvalue weighted by atomic mass is 16.3. The van der Waals surface area contributed by atoms with E-state index in [4.69, 9.17) is 10.2 Å². The van der Waals surface area contributed by atoms with Gasteiger partial charge in [0.15, 0.2) is 0 Å². The van der Waals surface area contributed by atoms with Crippen molar-refractivity contribution in [3.63, 3.8) is 0 Å². The first-order valence-electron chi connectivity index (χ1n) is 6.84. The highest BCUT2D eigenvalue weighted by Crippen LogP contribution is 2.11. The van der Waals surface area contributed by atoms with Crippen LogP contribution in [-0.4, -0.2) is 18.0 Å². The maximum atomic E-state index is 5.56. The third-order valence-electron chi connectivity index (χ3n) is 3.27. The molecule has 0 amide bonds. The van der Waals surface area contributed by atoms with Gasteiger partial charge in [0.2, 0.25) is 0 Å². The van der Waals surface area contributed by atoms with Crippen molar-refractivity contribution in [1.29, 1.82) is 0 Å². The molecular weight excluding hydrogens is 236 g/mol. The normalized spacial score (nSPS) is 11.1. The third-order valence-corrected chi connectivity index (χ3v) is 3.27. The number of nitrogens with zero attached hydrogens (tertiary/aromatic N) is 1. The van der Waals surface area contributed by atoms with Crippen molar-refractivity contribution < 1.29 is 4.42 Å². The van der Waals surface area contributed by atoms with Crippen molar-refractivity contribution in [2.75, 3.05) is 13.1 Å². The van der Waals surface area contributed by atoms with Gasteiger partial charge in [0.05, 0.1) is 12.8 Å². The SMILES string of the molecule is CCN(Cc1ccc(CCN)cc1)Cc1ccco1. The van der Waals surface area contributed by atoms with Crippen molar-refractivity contribution in [2.24, 2.45) is 5.73 Å². The fourth-order valence-electron chi connectivity index (χ4n) is 2.14. The van der Waals surface area contributed by atoms with Gasteiger partial charge < -0.3 is 10.2 Å². The van der Waals surface area contributed by atoms with Gasteiger partial charge in [0.25, 0.3) is 0 Å². The molecule has 0 aliphatic carbocycles. The van der Waals surface area contributed by atoms with Crippen molar-refractivity contribution in [3.05, 3.63) is 59.5 Å². The molecule has 3 heteroatoms. The van der Waals surface area contributed by atoms with Gasteiger partial charge >= 0.3 is 0 Å². The maximum Gasteiger partial charge on any atom is 0.117 e. The van der Waals surface area contributed by atoms with Crippen LogP contribution in [0.1, 0.15) is 23.8 Å². The average molecular weight is 258 g/mol. The molecule has 0 spiro atoms. The molecule has 1 aromatic carbocycles. The number of furan rings is 1. The number of rotatable bonds is 7. The van der Waals surface area contributed by atoms with E-state index >= 15 is 0 Å². The molecule has 2 N–H and O–H groups in total. The van der Waals surface area contributed by atoms with Crippen LogP contribution in [0.15, 0.2) is 47.1 Å². The van der Waals surface area contributed by atoms with E-state index in [9.17, 15) is 0 Å². The van der Waals surface area contributed by atoms with Crippen LogP contribution < -0.4 is 5.73 Å². The van der Waals surface area contributed by atoms with E-state index in [-0.39, 0.29) is 0 Å². The van der Waals surface area contributed by atoms with Gasteiger partial charge in [-0.15, -0.1) is 0 Å². The molecule has 1 aromatic heterocycles. The van der Waals surface area contributed by atoms with E-state index in [1.54, 1.807) is 6.26 Å². The summed E-state index contributed by atoms with van der Waals surface area (Å²) in [6, 6.07) is 12.7. The minimum absolute atomic E-state index is 0.707. The topological polar surface area (TPSA) is 42.4 Å². The first-order chi connectivity index (χ1) is 9.31. The van der Waals surface area contributed by atoms with Crippen molar-refractivity contribution in [3.8, 4) is 0 Å². The van der Waals surface area contributed by atoms with Gasteiger partial charge in [0, 0.05) is 6.54 Å². The molecule has 3 nitrogen and oxygen atoms in total. The Balaban J connectivity index is 1.94. The number of hydrogen-bond donors (Lipinski definition) is 1. The van der Waals surface area contributed by atoms with Crippen molar-refractivity contribution >= 4 is 0 Å². The summed E-state index contributed by atoms with van der Waals surface area (Å²) >= 11 is 0. The molecule has 0 saturated heterocycles. The zero-order valence-electron chi connectivity index (χ0n) is 11.5. The van der Waals surface area contributed by atoms with Gasteiger partial charge in [-0.2, -0.15) is 0 Å². The zero-order chi connectivity index (χ0) is 13.5. The van der Waals surface area contributed by atoms with Crippen LogP contribution in [0.4, 0.5) is 0 Å². The highest BCUT2D eigenvalue weighted by molar-refractivity contribution is 5.22. The molecule has 0 radical (unpaired) electrons. The Kier molecular flexibility index (Phi) is 5.19. The summed E-state index contributed by atoms with van der Waals surface area (Å²) in [5.74, 6) is 1.02. The molecule has 0 aliphatic heterocycles. The fourth-order valence-corrected chi connectivity index (χ4v) is 2.14. The van der Waals surface area contributed by atoms with Crippen LogP contribution in [0, 0.1) is 0 Å². The summed E-state index contributed by atoms with van der Waals surface area (Å²) in [7, 11) is 0. The summed E-state index contributed by atoms with van der Waals surface area (Å²) < 4.78 is 5.40. The molecule has 0 bridgehead atoms. The van der Waals surface area contributed by atoms with E-state index < -0.39 is 0 Å². The molecule has 0 saturated carbocycles. The molecule has 0 unspecified atom stereocenters. The lowest BCUT2D eigenvalue weighted by atomic mass is 10.1. The average Bonchev–Trinajstić information content (AvgIpc) is 2.93. The van der Waals surface area contributed by atoms with E-state index in [2.05, 4.69) is 36.1 Å². The van der Waals surface area contributed by atoms with E-state index in [0.29, 0.717) is 6.54 Å². The van der Waals surface area contributed by atoms with Crippen molar-refractivity contribution in [2.45, 2.75) is 26.4 Å². The van der Waals surface area contributed by atoms with Gasteiger partial charge in [-0.3, -0.25) is 4.90 Å². The first kappa shape index (κ1) is 13.8. The summed E-state index contributed by atoms with van der Waals surface area (Å²) in [5, 5.41) is 0. The van der Waals surface area contributed by atoms with Crippen LogP contribution in [0.25, 0.3) is 0 Å². The summed E-state index contributed by atoms with van der Waals surface area (Å²) in [4.78, 5) is 2.36. The third kappa shape index (κ3) is 4.23. The van der Waals surface area contributed by atoms with E-state index in [0.717, 1.165) is 31.8 Å². The van der Waals surface area contributed by atoms with E-state index in [1.807, 2.05) is 12.1 Å². The highest BCUT2D eigenvalue weighted by Gasteiger charge is 2.06. The lowest BCUT2D eigenvalue weighted by Gasteiger charge is -2.19. The molecule has 19 heavy (non-hydrogen) atoms. The minimum Gasteiger partial charge on any atom is -0.468 e. The molecule has 0 aliphatic rings. The second-order valence-corrected chi connectivity index (χ2v) is 4.74. The predicted molar refractivity (Wildman–Crippen MR) is 77.7 cm³/mol. The minimum atomic E-state index is 0.707. The lowest BCUT2D eigenvalue weighted by molar-refractivity contribution is 0.248. The largest absolute Gasteiger partial charge is 0.468 e. The van der Waals surface area contributed by atoms with Gasteiger partial charge in [-0.25, -0.2) is 0 Å². The predicted octanol–water partition coefficient (Wildman–Crippen LogP) is 2.80. The standard InChI is InChI=1S/C16H22N2O/c1-2-18(13-16-4-3-11-19-16)12-15-7-5-14(6-8-15)9-10-17/h3-8,11H,2,9-10,12-13,17H2,1H3. The van der Waals surface area contributed by atoms with Crippen molar-refractivity contribution in [1.82, 2.24) is 4.90 Å². The van der Waals surface area contributed by atoms with Crippen LogP contribution in [0.5, 0.6) is 0 Å².